The Morgan fingerprint density at radius 2 is 1.68 bits per heavy atom. The van der Waals surface area contributed by atoms with Crippen LogP contribution in [0.4, 0.5) is 0 Å². The van der Waals surface area contributed by atoms with Crippen LogP contribution in [0.15, 0.2) is 72.1 Å². The van der Waals surface area contributed by atoms with Gasteiger partial charge in [0.1, 0.15) is 18.2 Å². The molecule has 0 amide bonds. The summed E-state index contributed by atoms with van der Waals surface area (Å²) >= 11 is 1.49. The summed E-state index contributed by atoms with van der Waals surface area (Å²) in [5, 5.41) is 1.94. The smallest absolute Gasteiger partial charge is 0.315 e. The first-order valence-electron chi connectivity index (χ1n) is 11.9. The minimum atomic E-state index is -0.476. The van der Waals surface area contributed by atoms with E-state index in [9.17, 15) is 9.59 Å². The molecule has 176 valence electrons. The van der Waals surface area contributed by atoms with Crippen LogP contribution in [0.25, 0.3) is 0 Å². The third-order valence-corrected chi connectivity index (χ3v) is 8.35. The molecule has 2 unspecified atom stereocenters. The molecule has 1 aromatic heterocycles. The molecule has 0 aliphatic carbocycles. The number of quaternary nitrogens is 1. The van der Waals surface area contributed by atoms with Crippen LogP contribution in [0.2, 0.25) is 0 Å². The van der Waals surface area contributed by atoms with Crippen LogP contribution >= 0.6 is 11.3 Å². The Hall–Kier alpha value is -2.96. The van der Waals surface area contributed by atoms with Gasteiger partial charge in [-0.1, -0.05) is 48.5 Å². The molecule has 6 rings (SSSR count). The van der Waals surface area contributed by atoms with E-state index in [0.29, 0.717) is 23.5 Å². The summed E-state index contributed by atoms with van der Waals surface area (Å²) in [6.45, 7) is 3.08. The third-order valence-electron chi connectivity index (χ3n) is 7.43. The van der Waals surface area contributed by atoms with Crippen molar-refractivity contribution >= 4 is 23.1 Å². The number of hydrogen-bond donors (Lipinski definition) is 0. The number of carbonyl (C=O) groups excluding carboxylic acids is 2. The van der Waals surface area contributed by atoms with Gasteiger partial charge in [-0.15, -0.1) is 11.3 Å². The van der Waals surface area contributed by atoms with Gasteiger partial charge in [-0.05, 0) is 40.6 Å². The highest BCUT2D eigenvalue weighted by atomic mass is 32.1. The molecule has 3 aliphatic heterocycles. The number of ketones is 1. The van der Waals surface area contributed by atoms with Crippen LogP contribution in [-0.2, 0) is 9.53 Å². The molecule has 4 heterocycles. The number of ether oxygens (including phenoxy) is 2. The van der Waals surface area contributed by atoms with Crippen LogP contribution in [0.5, 0.6) is 5.75 Å². The number of fused-ring (bicyclic) bond motifs is 3. The van der Waals surface area contributed by atoms with E-state index in [1.165, 1.54) is 11.3 Å². The Morgan fingerprint density at radius 3 is 2.32 bits per heavy atom. The Morgan fingerprint density at radius 1 is 0.971 bits per heavy atom. The molecule has 3 saturated heterocycles. The van der Waals surface area contributed by atoms with Gasteiger partial charge >= 0.3 is 5.97 Å². The molecule has 2 aromatic carbocycles. The number of carbonyl (C=O) groups is 2. The Kier molecular flexibility index (Phi) is 6.53. The lowest BCUT2D eigenvalue weighted by molar-refractivity contribution is -0.938. The average Bonchev–Trinajstić information content (AvgIpc) is 3.44. The zero-order valence-corrected chi connectivity index (χ0v) is 20.2. The van der Waals surface area contributed by atoms with Gasteiger partial charge in [0.05, 0.1) is 31.6 Å². The molecule has 3 fully saturated rings. The first kappa shape index (κ1) is 22.8. The fraction of sp³-hybridized carbons (Fsp3) is 0.357. The number of Topliss-reactive ketones (excluding diaryl/α,β-unsaturated/α-hetero) is 1. The second-order valence-electron chi connectivity index (χ2n) is 9.47. The number of benzene rings is 2. The number of esters is 1. The lowest BCUT2D eigenvalue weighted by atomic mass is 9.77. The van der Waals surface area contributed by atoms with Crippen molar-refractivity contribution in [2.75, 3.05) is 33.3 Å². The van der Waals surface area contributed by atoms with Gasteiger partial charge < -0.3 is 14.0 Å². The van der Waals surface area contributed by atoms with E-state index in [4.69, 9.17) is 9.47 Å². The molecular weight excluding hydrogens is 446 g/mol. The minimum absolute atomic E-state index is 0.153. The fourth-order valence-electron chi connectivity index (χ4n) is 5.53. The maximum Gasteiger partial charge on any atom is 0.315 e. The van der Waals surface area contributed by atoms with Crippen LogP contribution in [-0.4, -0.2) is 49.5 Å². The lowest BCUT2D eigenvalue weighted by Crippen LogP contribution is -2.64. The topological polar surface area (TPSA) is 52.6 Å². The molecule has 0 saturated carbocycles. The molecule has 2 bridgehead atoms. The number of hydrogen-bond acceptors (Lipinski definition) is 5. The van der Waals surface area contributed by atoms with E-state index in [1.807, 2.05) is 72.1 Å². The monoisotopic (exact) mass is 476 g/mol. The van der Waals surface area contributed by atoms with Crippen molar-refractivity contribution in [1.29, 1.82) is 0 Å². The third kappa shape index (κ3) is 4.65. The summed E-state index contributed by atoms with van der Waals surface area (Å²) in [5.74, 6) is 0.948. The van der Waals surface area contributed by atoms with Crippen LogP contribution in [0, 0.1) is 11.8 Å². The minimum Gasteiger partial charge on any atom is -0.497 e. The second-order valence-corrected chi connectivity index (χ2v) is 10.4. The zero-order valence-electron chi connectivity index (χ0n) is 19.4. The Balaban J connectivity index is 1.35. The maximum absolute atomic E-state index is 13.6. The van der Waals surface area contributed by atoms with Crippen molar-refractivity contribution in [2.24, 2.45) is 11.8 Å². The lowest BCUT2D eigenvalue weighted by Gasteiger charge is -2.51. The van der Waals surface area contributed by atoms with E-state index in [0.717, 1.165) is 47.7 Å². The Bertz CT molecular complexity index is 1120. The molecule has 0 radical (unpaired) electrons. The number of nitrogens with zero attached hydrogens (tertiary/aromatic N) is 1. The quantitative estimate of drug-likeness (QED) is 0.257. The Labute approximate surface area is 204 Å². The fourth-order valence-corrected chi connectivity index (χ4v) is 6.19. The first-order valence-corrected chi connectivity index (χ1v) is 12.8. The van der Waals surface area contributed by atoms with Gasteiger partial charge in [0, 0.05) is 12.8 Å². The highest BCUT2D eigenvalue weighted by molar-refractivity contribution is 7.12. The summed E-state index contributed by atoms with van der Waals surface area (Å²) < 4.78 is 12.2. The molecule has 0 N–H and O–H groups in total. The van der Waals surface area contributed by atoms with Gasteiger partial charge in [0.15, 0.2) is 6.10 Å². The van der Waals surface area contributed by atoms with Gasteiger partial charge in [0.2, 0.25) is 5.78 Å². The van der Waals surface area contributed by atoms with E-state index >= 15 is 0 Å². The first-order chi connectivity index (χ1) is 16.6. The normalized spacial score (nSPS) is 24.4. The molecule has 5 nitrogen and oxygen atoms in total. The van der Waals surface area contributed by atoms with Crippen molar-refractivity contribution in [2.45, 2.75) is 18.9 Å². The van der Waals surface area contributed by atoms with Gasteiger partial charge in [0.25, 0.3) is 0 Å². The standard InChI is InChI=1S/C28H30NO4S/c1-32-23-11-9-22(10-12-23)27(21-6-3-2-4-7-21)33-28(31)24-18-29(15-13-20(24)14-16-29)19-25(30)26-8-5-17-34-26/h2-12,17,20,24,27H,13-16,18-19H2,1H3/q+1. The van der Waals surface area contributed by atoms with Crippen LogP contribution < -0.4 is 4.74 Å². The summed E-state index contributed by atoms with van der Waals surface area (Å²) in [7, 11) is 1.64. The largest absolute Gasteiger partial charge is 0.497 e. The van der Waals surface area contributed by atoms with Gasteiger partial charge in [-0.2, -0.15) is 0 Å². The molecule has 2 atom stereocenters. The number of thiophene rings is 1. The van der Waals surface area contributed by atoms with Crippen molar-refractivity contribution in [1.82, 2.24) is 0 Å². The molecule has 3 aromatic rings. The molecular formula is C28H30NO4S+. The van der Waals surface area contributed by atoms with E-state index in [2.05, 4.69) is 0 Å². The highest BCUT2D eigenvalue weighted by Crippen LogP contribution is 2.40. The van der Waals surface area contributed by atoms with Crippen molar-refractivity contribution < 1.29 is 23.5 Å². The number of methoxy groups -OCH3 is 1. The summed E-state index contributed by atoms with van der Waals surface area (Å²) in [5.41, 5.74) is 1.86. The zero-order chi connectivity index (χ0) is 23.5. The van der Waals surface area contributed by atoms with E-state index < -0.39 is 6.10 Å². The molecule has 0 spiro atoms. The van der Waals surface area contributed by atoms with Gasteiger partial charge in [-0.25, -0.2) is 0 Å². The maximum atomic E-state index is 13.6. The summed E-state index contributed by atoms with van der Waals surface area (Å²) in [6, 6.07) is 21.4. The number of rotatable bonds is 8. The highest BCUT2D eigenvalue weighted by Gasteiger charge is 2.50. The van der Waals surface area contributed by atoms with E-state index in [1.54, 1.807) is 7.11 Å². The van der Waals surface area contributed by atoms with Crippen molar-refractivity contribution in [3.05, 3.63) is 88.1 Å². The van der Waals surface area contributed by atoms with Gasteiger partial charge in [-0.3, -0.25) is 9.59 Å². The SMILES string of the molecule is COc1ccc(C(OC(=O)C2C[N+]3(CC(=O)c4cccs4)CCC2CC3)c2ccccc2)cc1. The average molecular weight is 477 g/mol. The van der Waals surface area contributed by atoms with Crippen molar-refractivity contribution in [3.8, 4) is 5.75 Å². The second kappa shape index (κ2) is 9.72. The number of piperidine rings is 3. The predicted octanol–water partition coefficient (Wildman–Crippen LogP) is 5.13. The predicted molar refractivity (Wildman–Crippen MR) is 132 cm³/mol. The van der Waals surface area contributed by atoms with Crippen molar-refractivity contribution in [3.63, 3.8) is 0 Å². The molecule has 3 aliphatic rings. The van der Waals surface area contributed by atoms with Crippen LogP contribution in [0.3, 0.4) is 0 Å². The summed E-state index contributed by atoms with van der Waals surface area (Å²) in [6.07, 6.45) is 1.46. The molecule has 6 heteroatoms. The van der Waals surface area contributed by atoms with Crippen LogP contribution in [0.1, 0.15) is 39.7 Å². The molecule has 34 heavy (non-hydrogen) atoms. The van der Waals surface area contributed by atoms with E-state index in [-0.39, 0.29) is 17.7 Å². The summed E-state index contributed by atoms with van der Waals surface area (Å²) in [4.78, 5) is 27.3.